The van der Waals surface area contributed by atoms with Gasteiger partial charge in [0.25, 0.3) is 0 Å². The lowest BCUT2D eigenvalue weighted by atomic mass is 9.77. The lowest BCUT2D eigenvalue weighted by Gasteiger charge is -2.33. The number of hydrogen-bond acceptors (Lipinski definition) is 2. The molecule has 1 aliphatic rings. The highest BCUT2D eigenvalue weighted by Crippen LogP contribution is 2.50. The summed E-state index contributed by atoms with van der Waals surface area (Å²) in [7, 11) is 0. The summed E-state index contributed by atoms with van der Waals surface area (Å²) in [5, 5.41) is 0. The molecule has 1 aromatic heterocycles. The molecule has 3 rings (SSSR count). The molecule has 0 N–H and O–H groups in total. The van der Waals surface area contributed by atoms with Crippen LogP contribution in [0.2, 0.25) is 0 Å². The lowest BCUT2D eigenvalue weighted by Crippen LogP contribution is -2.45. The Labute approximate surface area is 172 Å². The summed E-state index contributed by atoms with van der Waals surface area (Å²) in [5.74, 6) is 0.124. The molecule has 0 bridgehead atoms. The molecule has 1 atom stereocenters. The number of benzene rings is 1. The second-order valence-corrected chi connectivity index (χ2v) is 7.68. The van der Waals surface area contributed by atoms with Crippen LogP contribution in [0.1, 0.15) is 23.1 Å². The maximum Gasteiger partial charge on any atom is 0.416 e. The van der Waals surface area contributed by atoms with Crippen molar-refractivity contribution in [2.45, 2.75) is 30.4 Å². The van der Waals surface area contributed by atoms with Gasteiger partial charge in [-0.25, -0.2) is 4.98 Å². The number of alkyl halides is 9. The van der Waals surface area contributed by atoms with Crippen molar-refractivity contribution in [1.82, 2.24) is 4.98 Å². The molecule has 2 aromatic rings. The highest BCUT2D eigenvalue weighted by molar-refractivity contribution is 9.10. The summed E-state index contributed by atoms with van der Waals surface area (Å²) in [6, 6.07) is 4.56. The van der Waals surface area contributed by atoms with Crippen molar-refractivity contribution in [1.29, 1.82) is 0 Å². The molecule has 0 aliphatic carbocycles. The quantitative estimate of drug-likeness (QED) is 0.337. The standard InChI is InChI=1S/C18H12BrF9N2/c19-13-2-1-3-14(29-13)30-5-4-15(9-30,18(26,27)28)10-6-11(16(20,21)22)8-12(7-10)17(23,24)25/h1-3,6-8H,4-5,9H2. The van der Waals surface area contributed by atoms with Gasteiger partial charge in [0, 0.05) is 13.1 Å². The molecular formula is C18H12BrF9N2. The van der Waals surface area contributed by atoms with Gasteiger partial charge in [0.15, 0.2) is 0 Å². The average Bonchev–Trinajstić information content (AvgIpc) is 3.06. The van der Waals surface area contributed by atoms with E-state index in [1.54, 1.807) is 0 Å². The molecule has 164 valence electrons. The van der Waals surface area contributed by atoms with Crippen molar-refractivity contribution >= 4 is 21.7 Å². The van der Waals surface area contributed by atoms with Gasteiger partial charge in [0.05, 0.1) is 11.1 Å². The lowest BCUT2D eigenvalue weighted by molar-refractivity contribution is -0.185. The maximum absolute atomic E-state index is 14.1. The van der Waals surface area contributed by atoms with Crippen LogP contribution in [0.5, 0.6) is 0 Å². The Morgan fingerprint density at radius 2 is 1.43 bits per heavy atom. The molecule has 0 spiro atoms. The molecule has 1 aliphatic heterocycles. The number of nitrogens with zero attached hydrogens (tertiary/aromatic N) is 2. The minimum absolute atomic E-state index is 0.124. The van der Waals surface area contributed by atoms with E-state index in [2.05, 4.69) is 20.9 Å². The normalized spacial score (nSPS) is 20.7. The van der Waals surface area contributed by atoms with Crippen LogP contribution >= 0.6 is 15.9 Å². The van der Waals surface area contributed by atoms with E-state index in [-0.39, 0.29) is 30.6 Å². The largest absolute Gasteiger partial charge is 0.416 e. The van der Waals surface area contributed by atoms with Gasteiger partial charge in [0.1, 0.15) is 15.8 Å². The zero-order valence-electron chi connectivity index (χ0n) is 14.8. The first-order valence-electron chi connectivity index (χ1n) is 8.38. The second-order valence-electron chi connectivity index (χ2n) is 6.86. The van der Waals surface area contributed by atoms with Gasteiger partial charge in [-0.05, 0) is 58.2 Å². The van der Waals surface area contributed by atoms with E-state index in [4.69, 9.17) is 0 Å². The SMILES string of the molecule is FC(F)(F)c1cc(C(F)(F)F)cc(C2(C(F)(F)F)CCN(c3cccc(Br)n3)C2)c1. The van der Waals surface area contributed by atoms with Crippen LogP contribution in [0.3, 0.4) is 0 Å². The highest BCUT2D eigenvalue weighted by Gasteiger charge is 2.60. The van der Waals surface area contributed by atoms with Crippen molar-refractivity contribution in [3.63, 3.8) is 0 Å². The van der Waals surface area contributed by atoms with Crippen molar-refractivity contribution in [3.05, 3.63) is 57.7 Å². The Morgan fingerprint density at radius 1 is 0.867 bits per heavy atom. The van der Waals surface area contributed by atoms with E-state index in [0.29, 0.717) is 4.60 Å². The summed E-state index contributed by atoms with van der Waals surface area (Å²) in [6.07, 6.45) is -16.3. The molecule has 0 saturated carbocycles. The van der Waals surface area contributed by atoms with Gasteiger partial charge < -0.3 is 4.90 Å². The van der Waals surface area contributed by atoms with Gasteiger partial charge >= 0.3 is 18.5 Å². The molecule has 2 nitrogen and oxygen atoms in total. The predicted octanol–water partition coefficient (Wildman–Crippen LogP) is 6.59. The number of halogens is 10. The van der Waals surface area contributed by atoms with Crippen LogP contribution in [-0.2, 0) is 17.8 Å². The fraction of sp³-hybridized carbons (Fsp3) is 0.389. The smallest absolute Gasteiger partial charge is 0.355 e. The van der Waals surface area contributed by atoms with Crippen molar-refractivity contribution in [2.24, 2.45) is 0 Å². The topological polar surface area (TPSA) is 16.1 Å². The monoisotopic (exact) mass is 506 g/mol. The fourth-order valence-electron chi connectivity index (χ4n) is 3.44. The maximum atomic E-state index is 14.1. The molecule has 1 fully saturated rings. The first kappa shape index (κ1) is 22.7. The number of rotatable bonds is 2. The molecule has 2 heterocycles. The fourth-order valence-corrected chi connectivity index (χ4v) is 3.78. The first-order valence-corrected chi connectivity index (χ1v) is 9.17. The molecule has 0 radical (unpaired) electrons. The minimum Gasteiger partial charge on any atom is -0.355 e. The Morgan fingerprint density at radius 3 is 1.90 bits per heavy atom. The molecule has 0 amide bonds. The van der Waals surface area contributed by atoms with Crippen LogP contribution in [-0.4, -0.2) is 24.2 Å². The number of aromatic nitrogens is 1. The Bertz CT molecular complexity index is 904. The zero-order chi connectivity index (χ0) is 22.5. The number of pyridine rings is 1. The molecular weight excluding hydrogens is 495 g/mol. The van der Waals surface area contributed by atoms with Gasteiger partial charge in [-0.3, -0.25) is 0 Å². The second kappa shape index (κ2) is 7.31. The van der Waals surface area contributed by atoms with E-state index in [1.807, 2.05) is 0 Å². The third-order valence-electron chi connectivity index (χ3n) is 4.98. The minimum atomic E-state index is -5.24. The van der Waals surface area contributed by atoms with Gasteiger partial charge in [-0.15, -0.1) is 0 Å². The molecule has 1 aromatic carbocycles. The van der Waals surface area contributed by atoms with Crippen molar-refractivity contribution in [2.75, 3.05) is 18.0 Å². The van der Waals surface area contributed by atoms with Gasteiger partial charge in [-0.2, -0.15) is 39.5 Å². The third kappa shape index (κ3) is 4.23. The molecule has 30 heavy (non-hydrogen) atoms. The summed E-state index contributed by atoms with van der Waals surface area (Å²) < 4.78 is 122. The van der Waals surface area contributed by atoms with Crippen LogP contribution in [0.15, 0.2) is 41.0 Å². The summed E-state index contributed by atoms with van der Waals surface area (Å²) in [4.78, 5) is 5.21. The summed E-state index contributed by atoms with van der Waals surface area (Å²) in [6.45, 7) is -1.11. The molecule has 1 unspecified atom stereocenters. The summed E-state index contributed by atoms with van der Waals surface area (Å²) in [5.41, 5.74) is -7.56. The van der Waals surface area contributed by atoms with Gasteiger partial charge in [0.2, 0.25) is 0 Å². The van der Waals surface area contributed by atoms with E-state index in [9.17, 15) is 39.5 Å². The van der Waals surface area contributed by atoms with Crippen LogP contribution < -0.4 is 4.90 Å². The summed E-state index contributed by atoms with van der Waals surface area (Å²) >= 11 is 3.07. The van der Waals surface area contributed by atoms with E-state index in [1.165, 1.54) is 23.1 Å². The molecule has 1 saturated heterocycles. The van der Waals surface area contributed by atoms with E-state index in [0.717, 1.165) is 0 Å². The van der Waals surface area contributed by atoms with Crippen LogP contribution in [0, 0.1) is 0 Å². The third-order valence-corrected chi connectivity index (χ3v) is 5.42. The average molecular weight is 507 g/mol. The van der Waals surface area contributed by atoms with E-state index >= 15 is 0 Å². The highest BCUT2D eigenvalue weighted by atomic mass is 79.9. The zero-order valence-corrected chi connectivity index (χ0v) is 16.3. The Hall–Kier alpha value is -1.98. The van der Waals surface area contributed by atoms with Gasteiger partial charge in [-0.1, -0.05) is 6.07 Å². The molecule has 12 heteroatoms. The Kier molecular flexibility index (Phi) is 5.53. The van der Waals surface area contributed by atoms with Crippen molar-refractivity contribution < 1.29 is 39.5 Å². The first-order chi connectivity index (χ1) is 13.6. The number of anilines is 1. The van der Waals surface area contributed by atoms with E-state index < -0.39 is 53.6 Å². The van der Waals surface area contributed by atoms with Crippen LogP contribution in [0.4, 0.5) is 45.3 Å². The van der Waals surface area contributed by atoms with Crippen LogP contribution in [0.25, 0.3) is 0 Å². The predicted molar refractivity (Wildman–Crippen MR) is 92.9 cm³/mol. The Balaban J connectivity index is 2.16. The van der Waals surface area contributed by atoms with Crippen molar-refractivity contribution in [3.8, 4) is 0 Å². The number of hydrogen-bond donors (Lipinski definition) is 0.